The van der Waals surface area contributed by atoms with E-state index in [1.165, 1.54) is 30.0 Å². The Balaban J connectivity index is 1.65. The molecule has 1 aromatic rings. The first-order valence-electron chi connectivity index (χ1n) is 6.84. The molecule has 0 unspecified atom stereocenters. The van der Waals surface area contributed by atoms with Crippen molar-refractivity contribution in [3.8, 4) is 5.75 Å². The van der Waals surface area contributed by atoms with Crippen LogP contribution in [0.2, 0.25) is 0 Å². The smallest absolute Gasteiger partial charge is 0.339 e. The minimum Gasteiger partial charge on any atom is -0.507 e. The van der Waals surface area contributed by atoms with Crippen LogP contribution < -0.4 is 5.32 Å². The van der Waals surface area contributed by atoms with Crippen molar-refractivity contribution in [3.05, 3.63) is 23.8 Å². The summed E-state index contributed by atoms with van der Waals surface area (Å²) >= 11 is 1.27. The van der Waals surface area contributed by atoms with E-state index in [0.29, 0.717) is 18.3 Å². The molecule has 3 rings (SSSR count). The minimum absolute atomic E-state index is 0.0255. The van der Waals surface area contributed by atoms with Gasteiger partial charge in [-0.15, -0.1) is 0 Å². The maximum atomic E-state index is 12.1. The lowest BCUT2D eigenvalue weighted by atomic mass is 10.1. The van der Waals surface area contributed by atoms with Gasteiger partial charge in [0.15, 0.2) is 5.17 Å². The number of thioether (sulfide) groups is 1. The third-order valence-corrected chi connectivity index (χ3v) is 4.69. The van der Waals surface area contributed by atoms with Gasteiger partial charge in [-0.1, -0.05) is 11.8 Å². The van der Waals surface area contributed by atoms with Gasteiger partial charge in [0.2, 0.25) is 11.8 Å². The highest BCUT2D eigenvalue weighted by Crippen LogP contribution is 2.32. The van der Waals surface area contributed by atoms with Crippen molar-refractivity contribution in [2.75, 3.05) is 18.4 Å². The average Bonchev–Trinajstić information content (AvgIpc) is 3.05. The molecule has 2 amide bonds. The summed E-state index contributed by atoms with van der Waals surface area (Å²) in [6.07, 6.45) is -0.0255. The molecule has 8 nitrogen and oxygen atoms in total. The largest absolute Gasteiger partial charge is 0.507 e. The number of hydrogen-bond acceptors (Lipinski definition) is 6. The standard InChI is InChI=1S/C14H13N3O5S/c18-9-2-1-7(5-8(9)13(21)22)16-11(19)6-10-12(20)17-4-3-15-14(17)23-10/h1-2,5,10,18H,3-4,6H2,(H,16,19)(H,21,22)/t10-/m0/s1. The first-order valence-corrected chi connectivity index (χ1v) is 7.72. The van der Waals surface area contributed by atoms with Crippen LogP contribution >= 0.6 is 11.8 Å². The molecule has 0 aliphatic carbocycles. The van der Waals surface area contributed by atoms with Crippen molar-refractivity contribution in [1.82, 2.24) is 4.90 Å². The summed E-state index contributed by atoms with van der Waals surface area (Å²) in [6, 6.07) is 3.76. The van der Waals surface area contributed by atoms with Crippen molar-refractivity contribution in [2.24, 2.45) is 4.99 Å². The number of carboxylic acid groups (broad SMARTS) is 1. The first-order chi connectivity index (χ1) is 11.0. The molecule has 1 saturated heterocycles. The number of aromatic hydroxyl groups is 1. The summed E-state index contributed by atoms with van der Waals surface area (Å²) in [5.41, 5.74) is -0.0531. The molecule has 1 aromatic carbocycles. The van der Waals surface area contributed by atoms with Crippen LogP contribution in [0.5, 0.6) is 5.75 Å². The molecular formula is C14H13N3O5S. The molecule has 23 heavy (non-hydrogen) atoms. The van der Waals surface area contributed by atoms with Crippen molar-refractivity contribution < 1.29 is 24.6 Å². The first kappa shape index (κ1) is 15.3. The highest BCUT2D eigenvalue weighted by atomic mass is 32.2. The summed E-state index contributed by atoms with van der Waals surface area (Å²) in [5, 5.41) is 21.1. The van der Waals surface area contributed by atoms with Crippen LogP contribution in [0.4, 0.5) is 5.69 Å². The molecule has 0 bridgehead atoms. The number of nitrogens with one attached hydrogen (secondary N) is 1. The summed E-state index contributed by atoms with van der Waals surface area (Å²) in [5.74, 6) is -2.20. The molecule has 0 saturated carbocycles. The molecule has 2 heterocycles. The normalized spacial score (nSPS) is 19.5. The van der Waals surface area contributed by atoms with Gasteiger partial charge in [0.1, 0.15) is 16.6 Å². The minimum atomic E-state index is -1.29. The monoisotopic (exact) mass is 335 g/mol. The van der Waals surface area contributed by atoms with Crippen LogP contribution in [0.15, 0.2) is 23.2 Å². The second-order valence-corrected chi connectivity index (χ2v) is 6.22. The van der Waals surface area contributed by atoms with Gasteiger partial charge in [-0.05, 0) is 18.2 Å². The molecule has 2 aliphatic heterocycles. The van der Waals surface area contributed by atoms with Gasteiger partial charge in [0, 0.05) is 18.7 Å². The van der Waals surface area contributed by atoms with E-state index in [0.717, 1.165) is 0 Å². The average molecular weight is 335 g/mol. The third kappa shape index (κ3) is 3.00. The molecular weight excluding hydrogens is 322 g/mol. The van der Waals surface area contributed by atoms with E-state index in [9.17, 15) is 19.5 Å². The maximum absolute atomic E-state index is 12.1. The fourth-order valence-corrected chi connectivity index (χ4v) is 3.57. The number of carbonyl (C=O) groups is 3. The van der Waals surface area contributed by atoms with Crippen LogP contribution in [0.25, 0.3) is 0 Å². The second kappa shape index (κ2) is 5.92. The Labute approximate surface area is 135 Å². The number of rotatable bonds is 4. The molecule has 120 valence electrons. The third-order valence-electron chi connectivity index (χ3n) is 3.47. The number of carboxylic acids is 1. The number of anilines is 1. The predicted molar refractivity (Wildman–Crippen MR) is 83.7 cm³/mol. The molecule has 9 heteroatoms. The summed E-state index contributed by atoms with van der Waals surface area (Å²) in [4.78, 5) is 40.9. The SMILES string of the molecule is O=C(C[C@@H]1SC2=NCCN2C1=O)Nc1ccc(O)c(C(=O)O)c1. The molecule has 0 radical (unpaired) electrons. The Morgan fingerprint density at radius 3 is 2.91 bits per heavy atom. The van der Waals surface area contributed by atoms with Gasteiger partial charge >= 0.3 is 5.97 Å². The van der Waals surface area contributed by atoms with E-state index in [1.807, 2.05) is 0 Å². The van der Waals surface area contributed by atoms with E-state index in [-0.39, 0.29) is 29.3 Å². The number of carbonyl (C=O) groups excluding carboxylic acids is 2. The van der Waals surface area contributed by atoms with Crippen molar-refractivity contribution in [2.45, 2.75) is 11.7 Å². The molecule has 0 spiro atoms. The lowest BCUT2D eigenvalue weighted by molar-refractivity contribution is -0.127. The van der Waals surface area contributed by atoms with Crippen molar-refractivity contribution >= 4 is 40.4 Å². The predicted octanol–water partition coefficient (Wildman–Crippen LogP) is 0.733. The van der Waals surface area contributed by atoms with Crippen LogP contribution in [-0.2, 0) is 9.59 Å². The number of nitrogens with zero attached hydrogens (tertiary/aromatic N) is 2. The lowest BCUT2D eigenvalue weighted by Crippen LogP contribution is -2.32. The Kier molecular flexibility index (Phi) is 3.95. The Morgan fingerprint density at radius 1 is 1.43 bits per heavy atom. The van der Waals surface area contributed by atoms with Gasteiger partial charge in [-0.25, -0.2) is 4.79 Å². The van der Waals surface area contributed by atoms with E-state index in [1.54, 1.807) is 4.90 Å². The van der Waals surface area contributed by atoms with Crippen LogP contribution in [0.3, 0.4) is 0 Å². The molecule has 3 N–H and O–H groups in total. The van der Waals surface area contributed by atoms with Crippen LogP contribution in [0, 0.1) is 0 Å². The molecule has 2 aliphatic rings. The second-order valence-electron chi connectivity index (χ2n) is 5.05. The Morgan fingerprint density at radius 2 is 2.22 bits per heavy atom. The maximum Gasteiger partial charge on any atom is 0.339 e. The van der Waals surface area contributed by atoms with E-state index >= 15 is 0 Å². The van der Waals surface area contributed by atoms with Gasteiger partial charge in [-0.2, -0.15) is 0 Å². The van der Waals surface area contributed by atoms with Crippen LogP contribution in [0.1, 0.15) is 16.8 Å². The molecule has 1 atom stereocenters. The zero-order valence-corrected chi connectivity index (χ0v) is 12.7. The number of amidine groups is 1. The molecule has 0 aromatic heterocycles. The summed E-state index contributed by atoms with van der Waals surface area (Å²) in [6.45, 7) is 1.15. The number of hydrogen-bond donors (Lipinski definition) is 3. The molecule has 1 fully saturated rings. The zero-order valence-electron chi connectivity index (χ0n) is 11.9. The van der Waals surface area contributed by atoms with Gasteiger partial charge < -0.3 is 15.5 Å². The van der Waals surface area contributed by atoms with Gasteiger partial charge in [0.25, 0.3) is 0 Å². The number of aliphatic imine (C=N–C) groups is 1. The van der Waals surface area contributed by atoms with E-state index < -0.39 is 17.1 Å². The van der Waals surface area contributed by atoms with Crippen LogP contribution in [-0.4, -0.2) is 56.4 Å². The fourth-order valence-electron chi connectivity index (χ4n) is 2.38. The quantitative estimate of drug-likeness (QED) is 0.698. The number of aromatic carboxylic acids is 1. The van der Waals surface area contributed by atoms with E-state index in [2.05, 4.69) is 10.3 Å². The topological polar surface area (TPSA) is 119 Å². The van der Waals surface area contributed by atoms with E-state index in [4.69, 9.17) is 5.11 Å². The highest BCUT2D eigenvalue weighted by Gasteiger charge is 2.40. The summed E-state index contributed by atoms with van der Waals surface area (Å²) in [7, 11) is 0. The highest BCUT2D eigenvalue weighted by molar-refractivity contribution is 8.15. The summed E-state index contributed by atoms with van der Waals surface area (Å²) < 4.78 is 0. The Bertz CT molecular complexity index is 733. The Hall–Kier alpha value is -2.55. The van der Waals surface area contributed by atoms with Crippen molar-refractivity contribution in [1.29, 1.82) is 0 Å². The number of benzene rings is 1. The van der Waals surface area contributed by atoms with Crippen molar-refractivity contribution in [3.63, 3.8) is 0 Å². The number of phenols is 1. The fraction of sp³-hybridized carbons (Fsp3) is 0.286. The number of fused-ring (bicyclic) bond motifs is 1. The zero-order chi connectivity index (χ0) is 16.6. The lowest BCUT2D eigenvalue weighted by Gasteiger charge is -2.11. The van der Waals surface area contributed by atoms with Gasteiger partial charge in [0.05, 0.1) is 6.54 Å². The number of amides is 2. The van der Waals surface area contributed by atoms with Gasteiger partial charge in [-0.3, -0.25) is 19.5 Å².